The third kappa shape index (κ3) is 4.35. The van der Waals surface area contributed by atoms with Crippen LogP contribution in [0.5, 0.6) is 0 Å². The minimum atomic E-state index is 0.699. The first-order valence-electron chi connectivity index (χ1n) is 6.36. The van der Waals surface area contributed by atoms with Crippen LogP contribution < -0.4 is 5.32 Å². The molecule has 0 aliphatic carbocycles. The predicted octanol–water partition coefficient (Wildman–Crippen LogP) is 2.42. The smallest absolute Gasteiger partial charge is 0.0195 e. The number of rotatable bonds is 4. The van der Waals surface area contributed by atoms with Crippen molar-refractivity contribution in [3.05, 3.63) is 12.2 Å². The van der Waals surface area contributed by atoms with Gasteiger partial charge in [-0.05, 0) is 33.2 Å². The summed E-state index contributed by atoms with van der Waals surface area (Å²) < 4.78 is 0. The zero-order chi connectivity index (χ0) is 11.1. The summed E-state index contributed by atoms with van der Waals surface area (Å²) in [7, 11) is 0. The fourth-order valence-electron chi connectivity index (χ4n) is 2.24. The average Bonchev–Trinajstić information content (AvgIpc) is 2.39. The molecular weight excluding hydrogens is 184 g/mol. The number of hydrogen-bond donors (Lipinski definition) is 1. The zero-order valence-electron chi connectivity index (χ0n) is 10.5. The highest BCUT2D eigenvalue weighted by Gasteiger charge is 2.20. The van der Waals surface area contributed by atoms with Gasteiger partial charge in [0.1, 0.15) is 0 Å². The molecule has 0 aromatic carbocycles. The molecule has 0 aromatic heterocycles. The number of allylic oxidation sites excluding steroid dienone is 1. The van der Waals surface area contributed by atoms with E-state index in [4.69, 9.17) is 0 Å². The molecule has 88 valence electrons. The van der Waals surface area contributed by atoms with Crippen LogP contribution in [0, 0.1) is 0 Å². The third-order valence-corrected chi connectivity index (χ3v) is 3.29. The van der Waals surface area contributed by atoms with E-state index in [2.05, 4.69) is 43.1 Å². The van der Waals surface area contributed by atoms with Crippen LogP contribution in [0.25, 0.3) is 0 Å². The largest absolute Gasteiger partial charge is 0.313 e. The summed E-state index contributed by atoms with van der Waals surface area (Å²) in [5.41, 5.74) is 0. The van der Waals surface area contributed by atoms with E-state index < -0.39 is 0 Å². The van der Waals surface area contributed by atoms with Crippen LogP contribution in [-0.4, -0.2) is 36.6 Å². The molecular formula is C13H26N2. The maximum absolute atomic E-state index is 3.65. The highest BCUT2D eigenvalue weighted by molar-refractivity contribution is 4.87. The van der Waals surface area contributed by atoms with E-state index in [0.717, 1.165) is 12.6 Å². The molecule has 1 aliphatic rings. The van der Waals surface area contributed by atoms with Crippen molar-refractivity contribution < 1.29 is 0 Å². The molecule has 0 amide bonds. The lowest BCUT2D eigenvalue weighted by atomic mass is 10.1. The molecule has 1 rings (SSSR count). The van der Waals surface area contributed by atoms with Crippen molar-refractivity contribution in [3.8, 4) is 0 Å². The fourth-order valence-corrected chi connectivity index (χ4v) is 2.24. The van der Waals surface area contributed by atoms with Gasteiger partial charge in [0.05, 0.1) is 0 Å². The van der Waals surface area contributed by atoms with Gasteiger partial charge in [-0.25, -0.2) is 0 Å². The highest BCUT2D eigenvalue weighted by atomic mass is 15.2. The van der Waals surface area contributed by atoms with Gasteiger partial charge in [-0.2, -0.15) is 0 Å². The SMILES string of the molecule is C/C=C/CN1CC(CCC)NCCC1C. The molecule has 1 aliphatic heterocycles. The van der Waals surface area contributed by atoms with Gasteiger partial charge in [0.25, 0.3) is 0 Å². The first kappa shape index (κ1) is 12.7. The van der Waals surface area contributed by atoms with Crippen LogP contribution in [0.1, 0.15) is 40.0 Å². The topological polar surface area (TPSA) is 15.3 Å². The normalized spacial score (nSPS) is 29.5. The van der Waals surface area contributed by atoms with Crippen LogP contribution in [-0.2, 0) is 0 Å². The maximum Gasteiger partial charge on any atom is 0.0195 e. The van der Waals surface area contributed by atoms with E-state index in [-0.39, 0.29) is 0 Å². The molecule has 2 heteroatoms. The Kier molecular flexibility index (Phi) is 5.96. The van der Waals surface area contributed by atoms with Crippen molar-refractivity contribution in [2.45, 2.75) is 52.1 Å². The lowest BCUT2D eigenvalue weighted by Gasteiger charge is -2.27. The molecule has 2 atom stereocenters. The molecule has 0 saturated carbocycles. The van der Waals surface area contributed by atoms with Crippen molar-refractivity contribution in [1.29, 1.82) is 0 Å². The standard InChI is InChI=1S/C13H26N2/c1-4-6-10-15-11-13(7-5-2)14-9-8-12(15)3/h4,6,12-14H,5,7-11H2,1-3H3/b6-4+. The van der Waals surface area contributed by atoms with Gasteiger partial charge in [-0.3, -0.25) is 4.90 Å². The first-order chi connectivity index (χ1) is 7.27. The molecule has 0 bridgehead atoms. The summed E-state index contributed by atoms with van der Waals surface area (Å²) in [6.07, 6.45) is 8.28. The molecule has 0 spiro atoms. The van der Waals surface area contributed by atoms with Gasteiger partial charge in [0, 0.05) is 25.2 Å². The van der Waals surface area contributed by atoms with Crippen molar-refractivity contribution >= 4 is 0 Å². The Bertz CT molecular complexity index is 189. The van der Waals surface area contributed by atoms with Crippen LogP contribution >= 0.6 is 0 Å². The van der Waals surface area contributed by atoms with Gasteiger partial charge < -0.3 is 5.32 Å². The Morgan fingerprint density at radius 3 is 2.93 bits per heavy atom. The Morgan fingerprint density at radius 1 is 1.47 bits per heavy atom. The lowest BCUT2D eigenvalue weighted by molar-refractivity contribution is 0.223. The number of nitrogens with one attached hydrogen (secondary N) is 1. The average molecular weight is 210 g/mol. The van der Waals surface area contributed by atoms with Crippen molar-refractivity contribution in [3.63, 3.8) is 0 Å². The van der Waals surface area contributed by atoms with Crippen LogP contribution in [0.15, 0.2) is 12.2 Å². The molecule has 1 saturated heterocycles. The quantitative estimate of drug-likeness (QED) is 0.717. The Balaban J connectivity index is 2.48. The molecule has 2 nitrogen and oxygen atoms in total. The second kappa shape index (κ2) is 7.02. The van der Waals surface area contributed by atoms with Crippen molar-refractivity contribution in [1.82, 2.24) is 10.2 Å². The molecule has 15 heavy (non-hydrogen) atoms. The first-order valence-corrected chi connectivity index (χ1v) is 6.36. The Morgan fingerprint density at radius 2 is 2.27 bits per heavy atom. The minimum absolute atomic E-state index is 0.699. The summed E-state index contributed by atoms with van der Waals surface area (Å²) in [6, 6.07) is 1.42. The van der Waals surface area contributed by atoms with Gasteiger partial charge in [-0.1, -0.05) is 25.5 Å². The molecule has 1 heterocycles. The predicted molar refractivity (Wildman–Crippen MR) is 67.2 cm³/mol. The van der Waals surface area contributed by atoms with E-state index in [9.17, 15) is 0 Å². The molecule has 2 unspecified atom stereocenters. The molecule has 1 fully saturated rings. The van der Waals surface area contributed by atoms with E-state index >= 15 is 0 Å². The zero-order valence-corrected chi connectivity index (χ0v) is 10.5. The lowest BCUT2D eigenvalue weighted by Crippen LogP contribution is -2.40. The van der Waals surface area contributed by atoms with Gasteiger partial charge in [-0.15, -0.1) is 0 Å². The second-order valence-corrected chi connectivity index (χ2v) is 4.60. The molecule has 0 radical (unpaired) electrons. The Labute approximate surface area is 94.7 Å². The van der Waals surface area contributed by atoms with E-state index in [0.29, 0.717) is 6.04 Å². The summed E-state index contributed by atoms with van der Waals surface area (Å²) in [4.78, 5) is 2.60. The maximum atomic E-state index is 3.65. The van der Waals surface area contributed by atoms with E-state index in [1.165, 1.54) is 32.4 Å². The minimum Gasteiger partial charge on any atom is -0.313 e. The van der Waals surface area contributed by atoms with Crippen LogP contribution in [0.3, 0.4) is 0 Å². The van der Waals surface area contributed by atoms with Gasteiger partial charge in [0.15, 0.2) is 0 Å². The van der Waals surface area contributed by atoms with E-state index in [1.807, 2.05) is 0 Å². The number of nitrogens with zero attached hydrogens (tertiary/aromatic N) is 1. The van der Waals surface area contributed by atoms with Crippen molar-refractivity contribution in [2.75, 3.05) is 19.6 Å². The van der Waals surface area contributed by atoms with Crippen molar-refractivity contribution in [2.24, 2.45) is 0 Å². The fraction of sp³-hybridized carbons (Fsp3) is 0.846. The Hall–Kier alpha value is -0.340. The van der Waals surface area contributed by atoms with Crippen LogP contribution in [0.4, 0.5) is 0 Å². The van der Waals surface area contributed by atoms with Gasteiger partial charge >= 0.3 is 0 Å². The number of hydrogen-bond acceptors (Lipinski definition) is 2. The second-order valence-electron chi connectivity index (χ2n) is 4.60. The summed E-state index contributed by atoms with van der Waals surface area (Å²) >= 11 is 0. The van der Waals surface area contributed by atoms with Crippen LogP contribution in [0.2, 0.25) is 0 Å². The highest BCUT2D eigenvalue weighted by Crippen LogP contribution is 2.11. The summed E-state index contributed by atoms with van der Waals surface area (Å²) in [5.74, 6) is 0. The molecule has 0 aromatic rings. The monoisotopic (exact) mass is 210 g/mol. The molecule has 1 N–H and O–H groups in total. The summed E-state index contributed by atoms with van der Waals surface area (Å²) in [6.45, 7) is 10.2. The van der Waals surface area contributed by atoms with E-state index in [1.54, 1.807) is 0 Å². The summed E-state index contributed by atoms with van der Waals surface area (Å²) in [5, 5.41) is 3.65. The third-order valence-electron chi connectivity index (χ3n) is 3.29. The van der Waals surface area contributed by atoms with Gasteiger partial charge in [0.2, 0.25) is 0 Å².